The van der Waals surface area contributed by atoms with Crippen molar-refractivity contribution >= 4 is 56.8 Å². The number of unbranched alkanes of at least 4 members (excludes halogenated alkanes) is 28. The average Bonchev–Trinajstić information content (AvgIpc) is 3.98. The third kappa shape index (κ3) is 46.4. The van der Waals surface area contributed by atoms with Gasteiger partial charge in [0.2, 0.25) is 0 Å². The fourth-order valence-electron chi connectivity index (χ4n) is 9.68. The van der Waals surface area contributed by atoms with Gasteiger partial charge in [0, 0.05) is 48.2 Å². The fourth-order valence-corrected chi connectivity index (χ4v) is 10.3. The highest BCUT2D eigenvalue weighted by Gasteiger charge is 2.23. The Hall–Kier alpha value is -0.790. The van der Waals surface area contributed by atoms with Crippen LogP contribution < -0.4 is 19.8 Å². The largest absolute Gasteiger partial charge is 0.759 e. The minimum absolute atomic E-state index is 0.150. The van der Waals surface area contributed by atoms with E-state index in [-0.39, 0.29) is 37.1 Å². The van der Waals surface area contributed by atoms with E-state index in [0.29, 0.717) is 24.8 Å². The average molecular weight is 1200 g/mol. The SMILES string of the molecule is CCCCCCCCCCCCCCCCCc1n(CC(O)CCl)cc[n+]1CC(CCl)NCCCO.CCCCCCCCCCCCCCCCCc1n(CC(O)CCl)cc[n+]1CC(CCl)NCCCO.O=S(=O)([O-])[O-]. The topological polar surface area (TPSA) is 203 Å². The molecular weight excluding hydrogens is 1080 g/mol. The van der Waals surface area contributed by atoms with Crippen molar-refractivity contribution in [1.29, 1.82) is 0 Å². The van der Waals surface area contributed by atoms with Gasteiger partial charge in [0.25, 0.3) is 11.6 Å². The molecule has 77 heavy (non-hydrogen) atoms. The molecular formula is C58H112Cl4N6O8S. The number of hydrogen-bond donors (Lipinski definition) is 6. The van der Waals surface area contributed by atoms with Gasteiger partial charge >= 0.3 is 0 Å². The van der Waals surface area contributed by atoms with E-state index in [4.69, 9.17) is 74.1 Å². The molecule has 6 N–H and O–H groups in total. The summed E-state index contributed by atoms with van der Waals surface area (Å²) in [6.07, 6.45) is 51.6. The molecule has 0 saturated heterocycles. The van der Waals surface area contributed by atoms with Crippen LogP contribution in [0, 0.1) is 0 Å². The number of hydrogen-bond acceptors (Lipinski definition) is 10. The lowest BCUT2D eigenvalue weighted by atomic mass is 10.0. The number of rotatable bonds is 52. The van der Waals surface area contributed by atoms with Crippen molar-refractivity contribution in [3.05, 3.63) is 36.4 Å². The van der Waals surface area contributed by atoms with E-state index in [2.05, 4.69) is 67.5 Å². The molecule has 2 aromatic heterocycles. The summed E-state index contributed by atoms with van der Waals surface area (Å²) >= 11 is 24.1. The van der Waals surface area contributed by atoms with Crippen LogP contribution in [-0.2, 0) is 49.4 Å². The number of aliphatic hydroxyl groups is 4. The van der Waals surface area contributed by atoms with E-state index in [9.17, 15) is 10.2 Å². The number of alkyl halides is 4. The molecule has 4 unspecified atom stereocenters. The summed E-state index contributed by atoms with van der Waals surface area (Å²) in [6.45, 7) is 9.07. The maximum absolute atomic E-state index is 10.1. The van der Waals surface area contributed by atoms with Gasteiger partial charge in [-0.3, -0.25) is 8.42 Å². The predicted molar refractivity (Wildman–Crippen MR) is 319 cm³/mol. The smallest absolute Gasteiger partial charge is 0.256 e. The van der Waals surface area contributed by atoms with Gasteiger partial charge in [-0.15, -0.1) is 46.4 Å². The second-order valence-electron chi connectivity index (χ2n) is 21.2. The van der Waals surface area contributed by atoms with Crippen molar-refractivity contribution in [2.45, 2.75) is 283 Å². The summed E-state index contributed by atoms with van der Waals surface area (Å²) in [7, 11) is -5.17. The van der Waals surface area contributed by atoms with Crippen LogP contribution in [0.4, 0.5) is 0 Å². The van der Waals surface area contributed by atoms with Crippen molar-refractivity contribution < 1.29 is 47.1 Å². The molecule has 0 spiro atoms. The summed E-state index contributed by atoms with van der Waals surface area (Å²) in [5.74, 6) is 3.98. The molecule has 14 nitrogen and oxygen atoms in total. The lowest BCUT2D eigenvalue weighted by Gasteiger charge is -2.15. The molecule has 0 aromatic carbocycles. The summed E-state index contributed by atoms with van der Waals surface area (Å²) in [5.41, 5.74) is 0. The number of nitrogens with zero attached hydrogens (tertiary/aromatic N) is 4. The summed E-state index contributed by atoms with van der Waals surface area (Å²) < 4.78 is 42.9. The van der Waals surface area contributed by atoms with Crippen LogP contribution in [0.2, 0.25) is 0 Å². The maximum atomic E-state index is 10.1. The van der Waals surface area contributed by atoms with Gasteiger partial charge in [0.05, 0.1) is 23.8 Å². The molecule has 2 heterocycles. The van der Waals surface area contributed by atoms with Crippen LogP contribution in [-0.4, -0.2) is 121 Å². The Bertz CT molecular complexity index is 1570. The monoisotopic (exact) mass is 1190 g/mol. The molecule has 456 valence electrons. The van der Waals surface area contributed by atoms with Crippen LogP contribution in [0.15, 0.2) is 24.8 Å². The van der Waals surface area contributed by atoms with Crippen molar-refractivity contribution in [3.63, 3.8) is 0 Å². The van der Waals surface area contributed by atoms with Gasteiger partial charge in [0.1, 0.15) is 63.2 Å². The molecule has 0 aliphatic rings. The highest BCUT2D eigenvalue weighted by molar-refractivity contribution is 7.79. The Morgan fingerprint density at radius 1 is 0.468 bits per heavy atom. The Balaban J connectivity index is 0.00000138. The number of imidazole rings is 2. The van der Waals surface area contributed by atoms with Crippen molar-refractivity contribution in [2.24, 2.45) is 0 Å². The quantitative estimate of drug-likeness (QED) is 0.0122. The lowest BCUT2D eigenvalue weighted by molar-refractivity contribution is -0.706. The van der Waals surface area contributed by atoms with Gasteiger partial charge in [-0.1, -0.05) is 194 Å². The summed E-state index contributed by atoms with van der Waals surface area (Å²) in [5, 5.41) is 45.2. The Labute approximate surface area is 489 Å². The molecule has 0 radical (unpaired) electrons. The summed E-state index contributed by atoms with van der Waals surface area (Å²) in [4.78, 5) is 0. The third-order valence-corrected chi connectivity index (χ3v) is 15.6. The van der Waals surface area contributed by atoms with E-state index in [0.717, 1.165) is 64.7 Å². The molecule has 0 fully saturated rings. The molecule has 19 heteroatoms. The van der Waals surface area contributed by atoms with E-state index >= 15 is 0 Å². The first-order valence-corrected chi connectivity index (χ1v) is 33.9. The number of nitrogens with one attached hydrogen (secondary N) is 2. The highest BCUT2D eigenvalue weighted by atomic mass is 35.5. The molecule has 0 aliphatic carbocycles. The van der Waals surface area contributed by atoms with Gasteiger partial charge in [-0.2, -0.15) is 0 Å². The van der Waals surface area contributed by atoms with E-state index in [1.54, 1.807) is 0 Å². The third-order valence-electron chi connectivity index (χ3n) is 14.1. The second kappa shape index (κ2) is 54.5. The Morgan fingerprint density at radius 2 is 0.727 bits per heavy atom. The predicted octanol–water partition coefficient (Wildman–Crippen LogP) is 11.4. The lowest BCUT2D eigenvalue weighted by Crippen LogP contribution is -2.49. The minimum Gasteiger partial charge on any atom is -0.759 e. The zero-order valence-corrected chi connectivity index (χ0v) is 52.1. The second-order valence-corrected chi connectivity index (χ2v) is 23.3. The van der Waals surface area contributed by atoms with Gasteiger partial charge in [-0.25, -0.2) is 18.3 Å². The molecule has 4 atom stereocenters. The van der Waals surface area contributed by atoms with Crippen molar-refractivity contribution in [3.8, 4) is 0 Å². The first-order chi connectivity index (χ1) is 37.3. The van der Waals surface area contributed by atoms with Crippen LogP contribution in [0.3, 0.4) is 0 Å². The van der Waals surface area contributed by atoms with E-state index in [1.807, 2.05) is 0 Å². The minimum atomic E-state index is -5.17. The molecule has 0 aliphatic heterocycles. The van der Waals surface area contributed by atoms with E-state index < -0.39 is 22.6 Å². The molecule has 2 rings (SSSR count). The normalized spacial score (nSPS) is 13.2. The standard InChI is InChI=1S/2C29H56Cl2N3O2.H2O4S/c2*1-2-3-4-5-6-7-8-9-10-11-12-13-14-15-16-18-29-33(20-21-34(29)26-28(36)24-31)25-27(23-30)32-19-17-22-35;1-5(2,3)4/h2*20-21,27-28,32,35-36H,2-19,22-26H2,1H3;(H2,1,2,3,4)/q2*+1;/p-2. The molecule has 2 aromatic rings. The summed E-state index contributed by atoms with van der Waals surface area (Å²) in [6, 6.07) is 0.300. The fraction of sp³-hybridized carbons (Fsp3) is 0.897. The molecule has 0 saturated carbocycles. The maximum Gasteiger partial charge on any atom is 0.256 e. The van der Waals surface area contributed by atoms with Crippen LogP contribution in [0.25, 0.3) is 0 Å². The zero-order valence-electron chi connectivity index (χ0n) is 48.3. The van der Waals surface area contributed by atoms with Crippen LogP contribution >= 0.6 is 46.4 Å². The number of halogens is 4. The van der Waals surface area contributed by atoms with Crippen molar-refractivity contribution in [1.82, 2.24) is 19.8 Å². The molecule has 0 amide bonds. The van der Waals surface area contributed by atoms with Crippen LogP contribution in [0.5, 0.6) is 0 Å². The highest BCUT2D eigenvalue weighted by Crippen LogP contribution is 2.17. The van der Waals surface area contributed by atoms with Gasteiger partial charge in [-0.05, 0) is 38.8 Å². The van der Waals surface area contributed by atoms with Crippen molar-refractivity contribution in [2.75, 3.05) is 49.8 Å². The molecule has 0 bridgehead atoms. The van der Waals surface area contributed by atoms with Gasteiger partial charge in [0.15, 0.2) is 0 Å². The zero-order chi connectivity index (χ0) is 57.0. The Morgan fingerprint density at radius 3 is 0.961 bits per heavy atom. The first kappa shape index (κ1) is 76.2. The van der Waals surface area contributed by atoms with E-state index in [1.165, 1.54) is 191 Å². The first-order valence-electron chi connectivity index (χ1n) is 30.4. The number of aliphatic hydroxyl groups excluding tert-OH is 4. The number of aromatic nitrogens is 4. The Kier molecular flexibility index (Phi) is 53.9. The van der Waals surface area contributed by atoms with Crippen LogP contribution in [0.1, 0.15) is 231 Å². The van der Waals surface area contributed by atoms with Gasteiger partial charge < -0.3 is 40.2 Å².